The first-order chi connectivity index (χ1) is 17.5. The first kappa shape index (κ1) is 25.0. The smallest absolute Gasteiger partial charge is 0.318 e. The molecule has 192 valence electrons. The number of ether oxygens (including phenoxy) is 1. The second-order valence-electron chi connectivity index (χ2n) is 9.90. The largest absolute Gasteiger partial charge is 0.462 e. The maximum atomic E-state index is 14.2. The summed E-state index contributed by atoms with van der Waals surface area (Å²) in [5.41, 5.74) is 2.67. The number of piperazine rings is 1. The van der Waals surface area contributed by atoms with E-state index in [1.807, 2.05) is 6.07 Å². The molecule has 0 bridgehead atoms. The van der Waals surface area contributed by atoms with Crippen LogP contribution in [0.1, 0.15) is 36.9 Å². The SMILES string of the molecule is CN1CCC[C@H]1COc1nc2c(c(N3CCNC(CC#N)C3)n1)CCCN(c1cccc(F)c1Cl)C2. The first-order valence-corrected chi connectivity index (χ1v) is 13.2. The second kappa shape index (κ2) is 11.2. The van der Waals surface area contributed by atoms with Gasteiger partial charge in [0.15, 0.2) is 0 Å². The number of rotatable bonds is 6. The van der Waals surface area contributed by atoms with Crippen molar-refractivity contribution in [2.45, 2.75) is 50.7 Å². The number of nitrogens with zero attached hydrogens (tertiary/aromatic N) is 6. The summed E-state index contributed by atoms with van der Waals surface area (Å²) in [5.74, 6) is 0.475. The van der Waals surface area contributed by atoms with Crippen molar-refractivity contribution in [1.29, 1.82) is 5.26 Å². The molecule has 1 unspecified atom stereocenters. The molecule has 3 aliphatic rings. The van der Waals surface area contributed by atoms with Gasteiger partial charge in [0.05, 0.1) is 35.4 Å². The van der Waals surface area contributed by atoms with Crippen molar-refractivity contribution in [3.8, 4) is 12.1 Å². The molecule has 0 spiro atoms. The van der Waals surface area contributed by atoms with E-state index in [4.69, 9.17) is 26.3 Å². The monoisotopic (exact) mass is 513 g/mol. The molecule has 0 aliphatic carbocycles. The zero-order valence-corrected chi connectivity index (χ0v) is 21.5. The van der Waals surface area contributed by atoms with Crippen LogP contribution < -0.4 is 19.9 Å². The lowest BCUT2D eigenvalue weighted by molar-refractivity contribution is 0.187. The number of anilines is 2. The number of aromatic nitrogens is 2. The molecule has 2 atom stereocenters. The van der Waals surface area contributed by atoms with Crippen molar-refractivity contribution in [3.63, 3.8) is 0 Å². The Morgan fingerprint density at radius 2 is 2.11 bits per heavy atom. The van der Waals surface area contributed by atoms with Crippen LogP contribution in [0.15, 0.2) is 18.2 Å². The summed E-state index contributed by atoms with van der Waals surface area (Å²) in [6.45, 7) is 5.17. The van der Waals surface area contributed by atoms with Gasteiger partial charge < -0.3 is 24.8 Å². The van der Waals surface area contributed by atoms with Gasteiger partial charge in [0.25, 0.3) is 0 Å². The molecule has 2 fully saturated rings. The van der Waals surface area contributed by atoms with Crippen molar-refractivity contribution >= 4 is 23.1 Å². The molecule has 0 saturated carbocycles. The molecule has 0 radical (unpaired) electrons. The highest BCUT2D eigenvalue weighted by atomic mass is 35.5. The Hall–Kier alpha value is -2.67. The molecule has 1 aromatic carbocycles. The minimum Gasteiger partial charge on any atom is -0.462 e. The molecule has 2 saturated heterocycles. The van der Waals surface area contributed by atoms with Gasteiger partial charge >= 0.3 is 6.01 Å². The molecule has 3 aliphatic heterocycles. The molecule has 5 rings (SSSR count). The van der Waals surface area contributed by atoms with E-state index in [-0.39, 0.29) is 11.1 Å². The van der Waals surface area contributed by atoms with Gasteiger partial charge in [-0.25, -0.2) is 4.39 Å². The number of hydrogen-bond acceptors (Lipinski definition) is 8. The summed E-state index contributed by atoms with van der Waals surface area (Å²) in [4.78, 5) is 16.5. The van der Waals surface area contributed by atoms with Crippen LogP contribution in [0.3, 0.4) is 0 Å². The molecule has 2 aromatic rings. The molecule has 8 nitrogen and oxygen atoms in total. The van der Waals surface area contributed by atoms with Crippen molar-refractivity contribution in [3.05, 3.63) is 40.3 Å². The number of halogens is 2. The third kappa shape index (κ3) is 5.36. The van der Waals surface area contributed by atoms with Crippen LogP contribution in [-0.4, -0.2) is 73.3 Å². The molecule has 1 N–H and O–H groups in total. The summed E-state index contributed by atoms with van der Waals surface area (Å²) in [5, 5.41) is 12.8. The van der Waals surface area contributed by atoms with E-state index < -0.39 is 5.82 Å². The number of benzene rings is 1. The van der Waals surface area contributed by atoms with Crippen LogP contribution in [0.4, 0.5) is 15.9 Å². The van der Waals surface area contributed by atoms with Crippen LogP contribution in [0.25, 0.3) is 0 Å². The minimum absolute atomic E-state index is 0.0965. The predicted octanol–water partition coefficient (Wildman–Crippen LogP) is 3.39. The van der Waals surface area contributed by atoms with Crippen LogP contribution in [-0.2, 0) is 13.0 Å². The Labute approximate surface area is 217 Å². The van der Waals surface area contributed by atoms with Crippen molar-refractivity contribution in [2.24, 2.45) is 0 Å². The van der Waals surface area contributed by atoms with Gasteiger partial charge in [-0.3, -0.25) is 0 Å². The van der Waals surface area contributed by atoms with Gasteiger partial charge in [-0.05, 0) is 51.4 Å². The van der Waals surface area contributed by atoms with Crippen LogP contribution >= 0.6 is 11.6 Å². The summed E-state index contributed by atoms with van der Waals surface area (Å²) in [7, 11) is 2.13. The Morgan fingerprint density at radius 3 is 2.92 bits per heavy atom. The Bertz CT molecular complexity index is 1130. The molecule has 10 heteroatoms. The summed E-state index contributed by atoms with van der Waals surface area (Å²) >= 11 is 6.35. The lowest BCUT2D eigenvalue weighted by Crippen LogP contribution is -2.51. The molecular weight excluding hydrogens is 481 g/mol. The normalized spacial score (nSPS) is 22.7. The van der Waals surface area contributed by atoms with E-state index in [9.17, 15) is 9.65 Å². The molecule has 36 heavy (non-hydrogen) atoms. The van der Waals surface area contributed by atoms with E-state index in [0.29, 0.717) is 43.9 Å². The van der Waals surface area contributed by atoms with E-state index in [2.05, 4.69) is 33.1 Å². The summed E-state index contributed by atoms with van der Waals surface area (Å²) in [6.07, 6.45) is 4.41. The summed E-state index contributed by atoms with van der Waals surface area (Å²) in [6, 6.07) is 8.05. The summed E-state index contributed by atoms with van der Waals surface area (Å²) < 4.78 is 20.4. The molecular formula is C26H33ClFN7O. The lowest BCUT2D eigenvalue weighted by atomic mass is 10.1. The fourth-order valence-electron chi connectivity index (χ4n) is 5.48. The zero-order valence-electron chi connectivity index (χ0n) is 20.7. The van der Waals surface area contributed by atoms with Crippen molar-refractivity contribution in [1.82, 2.24) is 20.2 Å². The number of nitrogens with one attached hydrogen (secondary N) is 1. The standard InChI is InChI=1S/C26H33ClFN7O/c1-33-12-3-5-19(33)17-36-26-31-22-16-34(23-8-2-7-21(28)24(23)27)13-4-6-20(22)25(32-26)35-14-11-30-18(15-35)9-10-29/h2,7-8,18-19,30H,3-6,9,11-17H2,1H3/t18?,19-/m0/s1. The van der Waals surface area contributed by atoms with E-state index >= 15 is 0 Å². The topological polar surface area (TPSA) is 80.5 Å². The van der Waals surface area contributed by atoms with Gasteiger partial charge in [-0.1, -0.05) is 17.7 Å². The first-order valence-electron chi connectivity index (χ1n) is 12.8. The molecule has 1 aromatic heterocycles. The quantitative estimate of drug-likeness (QED) is 0.629. The highest BCUT2D eigenvalue weighted by Crippen LogP contribution is 2.34. The number of likely N-dealkylation sites (N-methyl/N-ethyl adjacent to an activating group) is 1. The van der Waals surface area contributed by atoms with Crippen LogP contribution in [0.2, 0.25) is 5.02 Å². The fraction of sp³-hybridized carbons (Fsp3) is 0.577. The van der Waals surface area contributed by atoms with E-state index in [0.717, 1.165) is 62.5 Å². The van der Waals surface area contributed by atoms with Crippen molar-refractivity contribution in [2.75, 3.05) is 56.2 Å². The van der Waals surface area contributed by atoms with Gasteiger partial charge in [-0.2, -0.15) is 15.2 Å². The maximum Gasteiger partial charge on any atom is 0.318 e. The van der Waals surface area contributed by atoms with Crippen LogP contribution in [0.5, 0.6) is 6.01 Å². The average molecular weight is 514 g/mol. The second-order valence-corrected chi connectivity index (χ2v) is 10.3. The van der Waals surface area contributed by atoms with Gasteiger partial charge in [0.1, 0.15) is 18.2 Å². The predicted molar refractivity (Wildman–Crippen MR) is 138 cm³/mol. The number of hydrogen-bond donors (Lipinski definition) is 1. The lowest BCUT2D eigenvalue weighted by Gasteiger charge is -2.35. The van der Waals surface area contributed by atoms with E-state index in [1.165, 1.54) is 12.5 Å². The average Bonchev–Trinajstić information content (AvgIpc) is 3.17. The Kier molecular flexibility index (Phi) is 7.75. The van der Waals surface area contributed by atoms with E-state index in [1.54, 1.807) is 6.07 Å². The maximum absolute atomic E-state index is 14.2. The Morgan fingerprint density at radius 1 is 1.22 bits per heavy atom. The highest BCUT2D eigenvalue weighted by Gasteiger charge is 2.29. The zero-order chi connectivity index (χ0) is 25.1. The van der Waals surface area contributed by atoms with Crippen molar-refractivity contribution < 1.29 is 9.13 Å². The molecule has 4 heterocycles. The van der Waals surface area contributed by atoms with Gasteiger partial charge in [0, 0.05) is 43.8 Å². The third-order valence-electron chi connectivity index (χ3n) is 7.49. The van der Waals surface area contributed by atoms with Gasteiger partial charge in [-0.15, -0.1) is 0 Å². The van der Waals surface area contributed by atoms with Gasteiger partial charge in [0.2, 0.25) is 0 Å². The number of likely N-dealkylation sites (tertiary alicyclic amines) is 1. The number of nitriles is 1. The number of fused-ring (bicyclic) bond motifs is 1. The highest BCUT2D eigenvalue weighted by molar-refractivity contribution is 6.33. The van der Waals surface area contributed by atoms with Crippen LogP contribution in [0, 0.1) is 17.1 Å². The molecule has 0 amide bonds. The minimum atomic E-state index is -0.420. The Balaban J connectivity index is 1.47. The third-order valence-corrected chi connectivity index (χ3v) is 7.86. The fourth-order valence-corrected chi connectivity index (χ4v) is 5.73.